The Morgan fingerprint density at radius 2 is 1.84 bits per heavy atom. The molecule has 3 nitrogen and oxygen atoms in total. The monoisotopic (exact) mass is 426 g/mol. The van der Waals surface area contributed by atoms with E-state index in [2.05, 4.69) is 26.0 Å². The number of rotatable bonds is 9. The molecule has 6 atom stereocenters. The highest BCUT2D eigenvalue weighted by molar-refractivity contribution is 5.91. The largest absolute Gasteiger partial charge is 0.462 e. The molecule has 0 aromatic rings. The third kappa shape index (κ3) is 4.86. The normalized spacial score (nSPS) is 36.4. The lowest BCUT2D eigenvalue weighted by molar-refractivity contribution is -0.158. The minimum absolute atomic E-state index is 0.0257. The van der Waals surface area contributed by atoms with Gasteiger partial charge < -0.3 is 4.74 Å². The number of ketones is 1. The van der Waals surface area contributed by atoms with Crippen LogP contribution in [-0.4, -0.2) is 17.9 Å². The van der Waals surface area contributed by atoms with Gasteiger partial charge in [0.15, 0.2) is 5.78 Å². The molecule has 31 heavy (non-hydrogen) atoms. The fourth-order valence-corrected chi connectivity index (χ4v) is 7.24. The zero-order valence-electron chi connectivity index (χ0n) is 19.7. The summed E-state index contributed by atoms with van der Waals surface area (Å²) in [4.78, 5) is 24.4. The van der Waals surface area contributed by atoms with Gasteiger partial charge in [0.05, 0.1) is 0 Å². The summed E-state index contributed by atoms with van der Waals surface area (Å²) in [5.74, 6) is 2.75. The van der Waals surface area contributed by atoms with Crippen LogP contribution in [0.5, 0.6) is 0 Å². The Bertz CT molecular complexity index is 720. The van der Waals surface area contributed by atoms with Gasteiger partial charge in [-0.1, -0.05) is 64.5 Å². The molecule has 0 N–H and O–H groups in total. The van der Waals surface area contributed by atoms with Gasteiger partial charge in [-0.15, -0.1) is 0 Å². The second-order valence-corrected chi connectivity index (χ2v) is 10.9. The Labute approximate surface area is 189 Å². The van der Waals surface area contributed by atoms with Crippen LogP contribution in [0.25, 0.3) is 0 Å². The molecule has 0 aromatic carbocycles. The zero-order chi connectivity index (χ0) is 21.8. The maximum atomic E-state index is 12.6. The van der Waals surface area contributed by atoms with Gasteiger partial charge in [0.25, 0.3) is 0 Å². The maximum absolute atomic E-state index is 12.6. The van der Waals surface area contributed by atoms with E-state index in [9.17, 15) is 9.59 Å². The van der Waals surface area contributed by atoms with E-state index >= 15 is 0 Å². The predicted octanol–water partition coefficient (Wildman–Crippen LogP) is 6.96. The lowest BCUT2D eigenvalue weighted by Gasteiger charge is -2.51. The molecule has 0 aromatic heterocycles. The maximum Gasteiger partial charge on any atom is 0.306 e. The first-order valence-electron chi connectivity index (χ1n) is 13.1. The van der Waals surface area contributed by atoms with E-state index in [-0.39, 0.29) is 17.5 Å². The predicted molar refractivity (Wildman–Crippen MR) is 124 cm³/mol. The molecule has 0 bridgehead atoms. The quantitative estimate of drug-likeness (QED) is 0.296. The van der Waals surface area contributed by atoms with Crippen molar-refractivity contribution < 1.29 is 14.3 Å². The number of carbonyl (C=O) groups excluding carboxylic acids is 2. The second-order valence-electron chi connectivity index (χ2n) is 10.9. The van der Waals surface area contributed by atoms with E-state index in [1.807, 2.05) is 6.08 Å². The number of hydrogen-bond donors (Lipinski definition) is 0. The van der Waals surface area contributed by atoms with E-state index in [1.54, 1.807) is 0 Å². The Morgan fingerprint density at radius 1 is 1.06 bits per heavy atom. The van der Waals surface area contributed by atoms with E-state index < -0.39 is 0 Å². The number of carbonyl (C=O) groups is 2. The zero-order valence-corrected chi connectivity index (χ0v) is 19.7. The van der Waals surface area contributed by atoms with Crippen molar-refractivity contribution in [3.63, 3.8) is 0 Å². The molecule has 0 aliphatic heterocycles. The van der Waals surface area contributed by atoms with E-state index in [0.29, 0.717) is 42.3 Å². The van der Waals surface area contributed by atoms with E-state index in [1.165, 1.54) is 50.5 Å². The first-order chi connectivity index (χ1) is 15.0. The van der Waals surface area contributed by atoms with Crippen LogP contribution in [0, 0.1) is 29.1 Å². The van der Waals surface area contributed by atoms with Gasteiger partial charge in [-0.3, -0.25) is 9.59 Å². The van der Waals surface area contributed by atoms with Gasteiger partial charge in [0.1, 0.15) is 6.10 Å². The summed E-state index contributed by atoms with van der Waals surface area (Å²) in [6.07, 6.45) is 22.1. The van der Waals surface area contributed by atoms with Gasteiger partial charge in [0, 0.05) is 18.3 Å². The Hall–Kier alpha value is -1.38. The highest BCUT2D eigenvalue weighted by atomic mass is 16.5. The third-order valence-electron chi connectivity index (χ3n) is 9.04. The third-order valence-corrected chi connectivity index (χ3v) is 9.04. The summed E-state index contributed by atoms with van der Waals surface area (Å²) < 4.78 is 6.11. The number of fused-ring (bicyclic) bond motifs is 5. The molecule has 0 saturated heterocycles. The van der Waals surface area contributed by atoms with Crippen LogP contribution < -0.4 is 0 Å². The van der Waals surface area contributed by atoms with Gasteiger partial charge >= 0.3 is 5.97 Å². The van der Waals surface area contributed by atoms with Crippen molar-refractivity contribution >= 4 is 11.8 Å². The van der Waals surface area contributed by atoms with Crippen LogP contribution in [-0.2, 0) is 14.3 Å². The second kappa shape index (κ2) is 10.0. The first-order valence-corrected chi connectivity index (χ1v) is 13.1. The van der Waals surface area contributed by atoms with Crippen molar-refractivity contribution in [2.45, 2.75) is 110 Å². The van der Waals surface area contributed by atoms with Crippen LogP contribution in [0.3, 0.4) is 0 Å². The molecule has 3 heteroatoms. The molecular formula is C28H42O3. The summed E-state index contributed by atoms with van der Waals surface area (Å²) >= 11 is 0. The van der Waals surface area contributed by atoms with Gasteiger partial charge in [-0.2, -0.15) is 0 Å². The molecule has 2 saturated carbocycles. The number of esters is 1. The van der Waals surface area contributed by atoms with Crippen LogP contribution in [0.15, 0.2) is 23.8 Å². The molecular weight excluding hydrogens is 384 g/mol. The smallest absolute Gasteiger partial charge is 0.306 e. The van der Waals surface area contributed by atoms with Gasteiger partial charge in [-0.25, -0.2) is 0 Å². The molecule has 4 aliphatic rings. The highest BCUT2D eigenvalue weighted by Crippen LogP contribution is 2.61. The standard InChI is InChI=1S/C28H42O3/c1-3-4-5-6-7-8-9-10-27(30)31-26-16-15-25-24-13-11-20-19-21(29)12-14-22(20)23(24)17-18-28(25,26)2/h11,13,19,22-26H,3-10,12,14-18H2,1-2H3/t22-,23+,24+,25-,26-,28-/m0/s1. The van der Waals surface area contributed by atoms with Crippen molar-refractivity contribution in [2.24, 2.45) is 29.1 Å². The molecule has 0 unspecified atom stereocenters. The molecule has 0 radical (unpaired) electrons. The van der Waals surface area contributed by atoms with Crippen molar-refractivity contribution in [1.82, 2.24) is 0 Å². The number of unbranched alkanes of at least 4 members (excludes halogenated alkanes) is 6. The molecule has 172 valence electrons. The van der Waals surface area contributed by atoms with Crippen molar-refractivity contribution in [1.29, 1.82) is 0 Å². The molecule has 0 amide bonds. The lowest BCUT2D eigenvalue weighted by atomic mass is 9.54. The Morgan fingerprint density at radius 3 is 2.65 bits per heavy atom. The number of hydrogen-bond acceptors (Lipinski definition) is 3. The number of ether oxygens (including phenoxy) is 1. The van der Waals surface area contributed by atoms with Crippen LogP contribution >= 0.6 is 0 Å². The highest BCUT2D eigenvalue weighted by Gasteiger charge is 2.56. The minimum Gasteiger partial charge on any atom is -0.462 e. The van der Waals surface area contributed by atoms with Crippen molar-refractivity contribution in [3.05, 3.63) is 23.8 Å². The van der Waals surface area contributed by atoms with E-state index in [0.717, 1.165) is 32.1 Å². The molecule has 0 spiro atoms. The average Bonchev–Trinajstić information content (AvgIpc) is 3.09. The summed E-state index contributed by atoms with van der Waals surface area (Å²) in [7, 11) is 0. The van der Waals surface area contributed by atoms with Gasteiger partial charge in [-0.05, 0) is 73.8 Å². The minimum atomic E-state index is 0.0257. The first kappa shape index (κ1) is 22.8. The number of allylic oxidation sites excluding steroid dienone is 4. The van der Waals surface area contributed by atoms with E-state index in [4.69, 9.17) is 4.74 Å². The molecule has 0 heterocycles. The summed E-state index contributed by atoms with van der Waals surface area (Å²) in [5, 5.41) is 0. The fraction of sp³-hybridized carbons (Fsp3) is 0.786. The summed E-state index contributed by atoms with van der Waals surface area (Å²) in [6, 6.07) is 0. The summed E-state index contributed by atoms with van der Waals surface area (Å²) in [5.41, 5.74) is 1.39. The van der Waals surface area contributed by atoms with Crippen LogP contribution in [0.2, 0.25) is 0 Å². The van der Waals surface area contributed by atoms with Crippen LogP contribution in [0.4, 0.5) is 0 Å². The van der Waals surface area contributed by atoms with Gasteiger partial charge in [0.2, 0.25) is 0 Å². The summed E-state index contributed by atoms with van der Waals surface area (Å²) in [6.45, 7) is 4.63. The lowest BCUT2D eigenvalue weighted by Crippen LogP contribution is -2.47. The van der Waals surface area contributed by atoms with Crippen molar-refractivity contribution in [2.75, 3.05) is 0 Å². The fourth-order valence-electron chi connectivity index (χ4n) is 7.24. The SMILES string of the molecule is CCCCCCCCCC(=O)O[C@H]1CC[C@H]2[C@@H]3C=CC4=CC(=O)CC[C@@H]4[C@H]3CC[C@]12C. The Kier molecular flexibility index (Phi) is 7.39. The molecule has 2 fully saturated rings. The van der Waals surface area contributed by atoms with Crippen LogP contribution in [0.1, 0.15) is 104 Å². The topological polar surface area (TPSA) is 43.4 Å². The average molecular weight is 427 g/mol. The Balaban J connectivity index is 1.30. The molecule has 4 rings (SSSR count). The molecule has 4 aliphatic carbocycles. The van der Waals surface area contributed by atoms with Crippen molar-refractivity contribution in [3.8, 4) is 0 Å².